The summed E-state index contributed by atoms with van der Waals surface area (Å²) in [6.07, 6.45) is -1.47. The van der Waals surface area contributed by atoms with Gasteiger partial charge in [0.2, 0.25) is 0 Å². The maximum atomic E-state index is 12.6. The summed E-state index contributed by atoms with van der Waals surface area (Å²) in [6.45, 7) is 1.43. The minimum Gasteiger partial charge on any atom is -0.315 e. The summed E-state index contributed by atoms with van der Waals surface area (Å²) < 4.78 is 38.8. The fourth-order valence-electron chi connectivity index (χ4n) is 1.87. The van der Waals surface area contributed by atoms with E-state index in [1.807, 2.05) is 0 Å². The normalized spacial score (nSPS) is 23.0. The van der Waals surface area contributed by atoms with Gasteiger partial charge in [-0.1, -0.05) is 0 Å². The van der Waals surface area contributed by atoms with Gasteiger partial charge in [-0.2, -0.15) is 18.3 Å². The molecule has 1 atom stereocenters. The highest BCUT2D eigenvalue weighted by molar-refractivity contribution is 5.06. The molecule has 1 aliphatic rings. The molecule has 1 aromatic rings. The number of halogens is 3. The molecule has 15 heavy (non-hydrogen) atoms. The molecule has 0 bridgehead atoms. The molecule has 1 aliphatic heterocycles. The van der Waals surface area contributed by atoms with Crippen LogP contribution in [-0.2, 0) is 6.18 Å². The van der Waals surface area contributed by atoms with Crippen LogP contribution < -0.4 is 5.32 Å². The number of hydrogen-bond acceptors (Lipinski definition) is 2. The first-order valence-corrected chi connectivity index (χ1v) is 4.90. The van der Waals surface area contributed by atoms with Gasteiger partial charge >= 0.3 is 6.18 Å². The van der Waals surface area contributed by atoms with Crippen LogP contribution in [0.15, 0.2) is 12.3 Å². The van der Waals surface area contributed by atoms with Gasteiger partial charge in [0.15, 0.2) is 0 Å². The number of rotatable bonds is 1. The van der Waals surface area contributed by atoms with Crippen LogP contribution in [-0.4, -0.2) is 22.9 Å². The van der Waals surface area contributed by atoms with Crippen molar-refractivity contribution in [3.8, 4) is 0 Å². The van der Waals surface area contributed by atoms with Crippen LogP contribution in [0.25, 0.3) is 0 Å². The summed E-state index contributed by atoms with van der Waals surface area (Å²) in [5.74, 6) is 0. The van der Waals surface area contributed by atoms with Gasteiger partial charge in [-0.25, -0.2) is 0 Å². The largest absolute Gasteiger partial charge is 0.433 e. The Bertz CT molecular complexity index is 326. The molecule has 1 saturated heterocycles. The molecule has 1 N–H and O–H groups in total. The Balaban J connectivity index is 2.24. The van der Waals surface area contributed by atoms with Gasteiger partial charge in [0.05, 0.1) is 6.04 Å². The predicted octanol–water partition coefficient (Wildman–Crippen LogP) is 1.83. The zero-order valence-electron chi connectivity index (χ0n) is 8.09. The highest BCUT2D eigenvalue weighted by atomic mass is 19.4. The molecule has 1 unspecified atom stereocenters. The van der Waals surface area contributed by atoms with Crippen molar-refractivity contribution < 1.29 is 13.2 Å². The lowest BCUT2D eigenvalue weighted by atomic mass is 10.1. The molecule has 2 heterocycles. The van der Waals surface area contributed by atoms with Crippen LogP contribution in [0, 0.1) is 0 Å². The molecule has 1 fully saturated rings. The van der Waals surface area contributed by atoms with Crippen molar-refractivity contribution in [3.05, 3.63) is 18.0 Å². The molecule has 0 aromatic carbocycles. The van der Waals surface area contributed by atoms with Gasteiger partial charge in [-0.3, -0.25) is 4.68 Å². The van der Waals surface area contributed by atoms with Gasteiger partial charge < -0.3 is 5.32 Å². The molecular formula is C9H12F3N3. The highest BCUT2D eigenvalue weighted by Crippen LogP contribution is 2.31. The smallest absolute Gasteiger partial charge is 0.315 e. The zero-order chi connectivity index (χ0) is 10.9. The lowest BCUT2D eigenvalue weighted by molar-refractivity contribution is -0.145. The second-order valence-electron chi connectivity index (χ2n) is 3.66. The second kappa shape index (κ2) is 3.84. The van der Waals surface area contributed by atoms with Crippen molar-refractivity contribution in [2.24, 2.45) is 0 Å². The van der Waals surface area contributed by atoms with Crippen LogP contribution >= 0.6 is 0 Å². The summed E-state index contributed by atoms with van der Waals surface area (Å²) >= 11 is 0. The molecule has 2 rings (SSSR count). The van der Waals surface area contributed by atoms with E-state index >= 15 is 0 Å². The average molecular weight is 219 g/mol. The highest BCUT2D eigenvalue weighted by Gasteiger charge is 2.36. The molecule has 0 radical (unpaired) electrons. The molecule has 6 heteroatoms. The van der Waals surface area contributed by atoms with E-state index in [-0.39, 0.29) is 6.04 Å². The van der Waals surface area contributed by atoms with Gasteiger partial charge in [0, 0.05) is 12.7 Å². The fourth-order valence-corrected chi connectivity index (χ4v) is 1.87. The molecule has 0 saturated carbocycles. The Kier molecular flexibility index (Phi) is 2.68. The van der Waals surface area contributed by atoms with E-state index < -0.39 is 11.9 Å². The molecule has 0 amide bonds. The van der Waals surface area contributed by atoms with Gasteiger partial charge in [0.25, 0.3) is 0 Å². The summed E-state index contributed by atoms with van der Waals surface area (Å²) in [7, 11) is 0. The van der Waals surface area contributed by atoms with Crippen molar-refractivity contribution in [2.45, 2.75) is 25.1 Å². The summed E-state index contributed by atoms with van der Waals surface area (Å²) in [6, 6.07) is 0.847. The van der Waals surface area contributed by atoms with Crippen LogP contribution in [0.1, 0.15) is 24.6 Å². The first kappa shape index (κ1) is 10.5. The summed E-state index contributed by atoms with van der Waals surface area (Å²) in [5, 5.41) is 6.84. The van der Waals surface area contributed by atoms with Crippen LogP contribution in [0.4, 0.5) is 13.2 Å². The van der Waals surface area contributed by atoms with Gasteiger partial charge in [-0.15, -0.1) is 0 Å². The number of hydrogen-bond donors (Lipinski definition) is 1. The van der Waals surface area contributed by atoms with Crippen LogP contribution in [0.2, 0.25) is 0 Å². The Labute approximate surface area is 85.3 Å². The Morgan fingerprint density at radius 3 is 2.87 bits per heavy atom. The van der Waals surface area contributed by atoms with Crippen LogP contribution in [0.5, 0.6) is 0 Å². The zero-order valence-corrected chi connectivity index (χ0v) is 8.09. The monoisotopic (exact) mass is 219 g/mol. The molecule has 0 spiro atoms. The van der Waals surface area contributed by atoms with E-state index in [0.717, 1.165) is 30.1 Å². The minimum absolute atomic E-state index is 0.176. The topological polar surface area (TPSA) is 29.9 Å². The number of alkyl halides is 3. The average Bonchev–Trinajstić information content (AvgIpc) is 2.67. The molecule has 84 valence electrons. The van der Waals surface area contributed by atoms with E-state index in [0.29, 0.717) is 6.54 Å². The van der Waals surface area contributed by atoms with E-state index in [9.17, 15) is 13.2 Å². The number of nitrogens with zero attached hydrogens (tertiary/aromatic N) is 2. The number of nitrogens with one attached hydrogen (secondary N) is 1. The predicted molar refractivity (Wildman–Crippen MR) is 48.4 cm³/mol. The van der Waals surface area contributed by atoms with Crippen molar-refractivity contribution in [2.75, 3.05) is 13.1 Å². The third-order valence-corrected chi connectivity index (χ3v) is 2.58. The van der Waals surface area contributed by atoms with E-state index in [4.69, 9.17) is 0 Å². The minimum atomic E-state index is -4.31. The van der Waals surface area contributed by atoms with Crippen molar-refractivity contribution in [1.82, 2.24) is 15.1 Å². The fraction of sp³-hybridized carbons (Fsp3) is 0.667. The van der Waals surface area contributed by atoms with Gasteiger partial charge in [-0.05, 0) is 25.5 Å². The van der Waals surface area contributed by atoms with E-state index in [1.165, 1.54) is 6.20 Å². The first-order valence-electron chi connectivity index (χ1n) is 4.90. The standard InChI is InChI=1S/C9H12F3N3/c10-9(11,12)8-3-5-14-15(8)7-2-1-4-13-6-7/h3,5,7,13H,1-2,4,6H2. The van der Waals surface area contributed by atoms with Crippen molar-refractivity contribution in [3.63, 3.8) is 0 Å². The van der Waals surface area contributed by atoms with Crippen molar-refractivity contribution >= 4 is 0 Å². The number of aromatic nitrogens is 2. The summed E-state index contributed by atoms with van der Waals surface area (Å²) in [5.41, 5.74) is -0.656. The third kappa shape index (κ3) is 2.14. The molecular weight excluding hydrogens is 207 g/mol. The Morgan fingerprint density at radius 2 is 2.27 bits per heavy atom. The summed E-state index contributed by atoms with van der Waals surface area (Å²) in [4.78, 5) is 0. The Hall–Kier alpha value is -1.04. The quantitative estimate of drug-likeness (QED) is 0.780. The molecule has 3 nitrogen and oxygen atoms in total. The lowest BCUT2D eigenvalue weighted by Crippen LogP contribution is -2.33. The SMILES string of the molecule is FC(F)(F)c1ccnn1C1CCCNC1. The first-order chi connectivity index (χ1) is 7.09. The van der Waals surface area contributed by atoms with Crippen molar-refractivity contribution in [1.29, 1.82) is 0 Å². The molecule has 1 aromatic heterocycles. The van der Waals surface area contributed by atoms with E-state index in [2.05, 4.69) is 10.4 Å². The maximum Gasteiger partial charge on any atom is 0.433 e. The molecule has 0 aliphatic carbocycles. The van der Waals surface area contributed by atoms with E-state index in [1.54, 1.807) is 0 Å². The lowest BCUT2D eigenvalue weighted by Gasteiger charge is -2.25. The third-order valence-electron chi connectivity index (χ3n) is 2.58. The maximum absolute atomic E-state index is 12.6. The Morgan fingerprint density at radius 1 is 1.47 bits per heavy atom. The second-order valence-corrected chi connectivity index (χ2v) is 3.66. The number of piperidine rings is 1. The van der Waals surface area contributed by atoms with Crippen LogP contribution in [0.3, 0.4) is 0 Å². The van der Waals surface area contributed by atoms with Gasteiger partial charge in [0.1, 0.15) is 5.69 Å².